The molecule has 1 aromatic rings. The van der Waals surface area contributed by atoms with E-state index in [0.29, 0.717) is 0 Å². The van der Waals surface area contributed by atoms with E-state index in [2.05, 4.69) is 0 Å². The molecule has 0 aliphatic carbocycles. The summed E-state index contributed by atoms with van der Waals surface area (Å²) in [7, 11) is 1.69. The normalized spacial score (nSPS) is 11.7. The highest BCUT2D eigenvalue weighted by molar-refractivity contribution is 5.26. The zero-order valence-corrected chi connectivity index (χ0v) is 8.37. The van der Waals surface area contributed by atoms with Gasteiger partial charge in [0.25, 0.3) is 0 Å². The number of aliphatic hydroxyl groups is 1. The van der Waals surface area contributed by atoms with Gasteiger partial charge in [0.15, 0.2) is 0 Å². The second-order valence-electron chi connectivity index (χ2n) is 3.57. The van der Waals surface area contributed by atoms with E-state index in [9.17, 15) is 0 Å². The van der Waals surface area contributed by atoms with Crippen molar-refractivity contribution in [1.82, 2.24) is 0 Å². The fourth-order valence-corrected chi connectivity index (χ4v) is 1.13. The molecule has 13 heavy (non-hydrogen) atoms. The number of hydrogen-bond donors (Lipinski definition) is 1. The third-order valence-electron chi connectivity index (χ3n) is 2.34. The first kappa shape index (κ1) is 10.2. The molecule has 2 heteroatoms. The molecule has 0 fully saturated rings. The molecule has 72 valence electrons. The molecule has 0 atom stereocenters. The summed E-state index contributed by atoms with van der Waals surface area (Å²) in [5, 5.41) is 8.86. The summed E-state index contributed by atoms with van der Waals surface area (Å²) in [6.45, 7) is 4.12. The lowest BCUT2D eigenvalue weighted by Crippen LogP contribution is -2.19. The molecule has 0 radical (unpaired) electrons. The minimum absolute atomic E-state index is 0.0910. The third kappa shape index (κ3) is 2.29. The fraction of sp³-hybridized carbons (Fsp3) is 0.455. The van der Waals surface area contributed by atoms with E-state index in [1.54, 1.807) is 7.11 Å². The summed E-state index contributed by atoms with van der Waals surface area (Å²) in [4.78, 5) is 0. The maximum Gasteiger partial charge on any atom is 0.0871 e. The van der Waals surface area contributed by atoms with Crippen LogP contribution in [0.25, 0.3) is 0 Å². The van der Waals surface area contributed by atoms with Crippen molar-refractivity contribution in [1.29, 1.82) is 0 Å². The van der Waals surface area contributed by atoms with E-state index < -0.39 is 0 Å². The topological polar surface area (TPSA) is 29.5 Å². The first-order valence-electron chi connectivity index (χ1n) is 4.35. The van der Waals surface area contributed by atoms with Gasteiger partial charge >= 0.3 is 0 Å². The molecular formula is C11H16O2. The molecule has 0 saturated carbocycles. The lowest BCUT2D eigenvalue weighted by molar-refractivity contribution is 0.0192. The molecule has 0 aliphatic heterocycles. The smallest absolute Gasteiger partial charge is 0.0871 e. The van der Waals surface area contributed by atoms with Crippen molar-refractivity contribution in [3.63, 3.8) is 0 Å². The van der Waals surface area contributed by atoms with Gasteiger partial charge in [0.1, 0.15) is 0 Å². The number of aliphatic hydroxyl groups excluding tert-OH is 1. The van der Waals surface area contributed by atoms with Gasteiger partial charge in [-0.2, -0.15) is 0 Å². The molecule has 1 rings (SSSR count). The van der Waals surface area contributed by atoms with Crippen LogP contribution in [0.15, 0.2) is 24.3 Å². The molecule has 0 aliphatic rings. The van der Waals surface area contributed by atoms with Crippen molar-refractivity contribution in [3.05, 3.63) is 35.4 Å². The van der Waals surface area contributed by atoms with E-state index >= 15 is 0 Å². The van der Waals surface area contributed by atoms with Crippen molar-refractivity contribution in [2.45, 2.75) is 26.1 Å². The van der Waals surface area contributed by atoms with Gasteiger partial charge in [-0.1, -0.05) is 24.3 Å². The van der Waals surface area contributed by atoms with E-state index in [1.807, 2.05) is 38.1 Å². The van der Waals surface area contributed by atoms with Gasteiger partial charge in [-0.25, -0.2) is 0 Å². The Morgan fingerprint density at radius 3 is 2.15 bits per heavy atom. The standard InChI is InChI=1S/C11H16O2/c1-11(2,13-3)10-6-4-9(8-12)5-7-10/h4-7,12H,8H2,1-3H3. The monoisotopic (exact) mass is 180 g/mol. The van der Waals surface area contributed by atoms with Crippen LogP contribution in [-0.4, -0.2) is 12.2 Å². The Kier molecular flexibility index (Phi) is 3.07. The Hall–Kier alpha value is -0.860. The van der Waals surface area contributed by atoms with Crippen LogP contribution in [0.2, 0.25) is 0 Å². The average molecular weight is 180 g/mol. The molecule has 1 aromatic carbocycles. The van der Waals surface area contributed by atoms with Gasteiger partial charge in [0.05, 0.1) is 12.2 Å². The van der Waals surface area contributed by atoms with Crippen LogP contribution in [0, 0.1) is 0 Å². The van der Waals surface area contributed by atoms with Crippen LogP contribution in [-0.2, 0) is 16.9 Å². The summed E-state index contributed by atoms with van der Waals surface area (Å²) < 4.78 is 5.33. The van der Waals surface area contributed by atoms with Crippen LogP contribution in [0.1, 0.15) is 25.0 Å². The minimum atomic E-state index is -0.256. The Bertz CT molecular complexity index is 262. The summed E-state index contributed by atoms with van der Waals surface area (Å²) in [6, 6.07) is 7.79. The molecule has 0 heterocycles. The van der Waals surface area contributed by atoms with Gasteiger partial charge in [-0.15, -0.1) is 0 Å². The molecular weight excluding hydrogens is 164 g/mol. The van der Waals surface area contributed by atoms with Crippen LogP contribution in [0.3, 0.4) is 0 Å². The third-order valence-corrected chi connectivity index (χ3v) is 2.34. The van der Waals surface area contributed by atoms with Gasteiger partial charge in [-0.3, -0.25) is 0 Å². The SMILES string of the molecule is COC(C)(C)c1ccc(CO)cc1. The molecule has 0 unspecified atom stereocenters. The molecule has 0 bridgehead atoms. The number of hydrogen-bond acceptors (Lipinski definition) is 2. The van der Waals surface area contributed by atoms with E-state index in [4.69, 9.17) is 9.84 Å². The lowest BCUT2D eigenvalue weighted by Gasteiger charge is -2.23. The number of ether oxygens (including phenoxy) is 1. The number of rotatable bonds is 3. The molecule has 0 amide bonds. The Balaban J connectivity index is 2.92. The average Bonchev–Trinajstić information content (AvgIpc) is 2.18. The Labute approximate surface area is 79.2 Å². The van der Waals surface area contributed by atoms with Crippen LogP contribution in [0.4, 0.5) is 0 Å². The summed E-state index contributed by atoms with van der Waals surface area (Å²) in [5.74, 6) is 0. The van der Waals surface area contributed by atoms with Crippen molar-refractivity contribution >= 4 is 0 Å². The van der Waals surface area contributed by atoms with Gasteiger partial charge in [-0.05, 0) is 25.0 Å². The molecule has 0 saturated heterocycles. The Morgan fingerprint density at radius 1 is 1.23 bits per heavy atom. The second kappa shape index (κ2) is 3.90. The largest absolute Gasteiger partial charge is 0.392 e. The number of benzene rings is 1. The van der Waals surface area contributed by atoms with Crippen molar-refractivity contribution in [2.75, 3.05) is 7.11 Å². The lowest BCUT2D eigenvalue weighted by atomic mass is 9.97. The molecule has 0 spiro atoms. The minimum Gasteiger partial charge on any atom is -0.392 e. The predicted octanol–water partition coefficient (Wildman–Crippen LogP) is 2.06. The highest BCUT2D eigenvalue weighted by Gasteiger charge is 2.18. The van der Waals surface area contributed by atoms with E-state index in [0.717, 1.165) is 11.1 Å². The van der Waals surface area contributed by atoms with E-state index in [-0.39, 0.29) is 12.2 Å². The highest BCUT2D eigenvalue weighted by Crippen LogP contribution is 2.23. The summed E-state index contributed by atoms with van der Waals surface area (Å²) in [5.41, 5.74) is 1.79. The fourth-order valence-electron chi connectivity index (χ4n) is 1.13. The van der Waals surface area contributed by atoms with Crippen LogP contribution >= 0.6 is 0 Å². The van der Waals surface area contributed by atoms with Crippen molar-refractivity contribution in [3.8, 4) is 0 Å². The highest BCUT2D eigenvalue weighted by atomic mass is 16.5. The molecule has 1 N–H and O–H groups in total. The zero-order valence-electron chi connectivity index (χ0n) is 8.37. The number of methoxy groups -OCH3 is 1. The van der Waals surface area contributed by atoms with Crippen molar-refractivity contribution < 1.29 is 9.84 Å². The van der Waals surface area contributed by atoms with Crippen LogP contribution < -0.4 is 0 Å². The van der Waals surface area contributed by atoms with Crippen LogP contribution in [0.5, 0.6) is 0 Å². The molecule has 2 nitrogen and oxygen atoms in total. The zero-order chi connectivity index (χ0) is 9.90. The van der Waals surface area contributed by atoms with Crippen molar-refractivity contribution in [2.24, 2.45) is 0 Å². The maximum atomic E-state index is 8.86. The van der Waals surface area contributed by atoms with E-state index in [1.165, 1.54) is 0 Å². The maximum absolute atomic E-state index is 8.86. The second-order valence-corrected chi connectivity index (χ2v) is 3.57. The summed E-state index contributed by atoms with van der Waals surface area (Å²) in [6.07, 6.45) is 0. The van der Waals surface area contributed by atoms with Gasteiger partial charge in [0.2, 0.25) is 0 Å². The quantitative estimate of drug-likeness (QED) is 0.771. The van der Waals surface area contributed by atoms with Gasteiger partial charge in [0, 0.05) is 7.11 Å². The summed E-state index contributed by atoms with van der Waals surface area (Å²) >= 11 is 0. The Morgan fingerprint density at radius 2 is 1.77 bits per heavy atom. The predicted molar refractivity (Wildman–Crippen MR) is 52.4 cm³/mol. The first-order chi connectivity index (χ1) is 6.10. The molecule has 0 aromatic heterocycles. The van der Waals surface area contributed by atoms with Gasteiger partial charge < -0.3 is 9.84 Å². The first-order valence-corrected chi connectivity index (χ1v) is 4.35.